The van der Waals surface area contributed by atoms with Crippen LogP contribution in [0.3, 0.4) is 0 Å². The Morgan fingerprint density at radius 1 is 1.11 bits per heavy atom. The maximum atomic E-state index is 12.6. The SMILES string of the molecule is COc1cccc(N([C@H](C)C(=O)NCc2ccccc2OC)S(C)(=O)=O)c1. The van der Waals surface area contributed by atoms with Crippen molar-refractivity contribution >= 4 is 21.6 Å². The monoisotopic (exact) mass is 392 g/mol. The van der Waals surface area contributed by atoms with E-state index >= 15 is 0 Å². The normalized spacial score (nSPS) is 12.1. The van der Waals surface area contributed by atoms with Crippen LogP contribution in [0.2, 0.25) is 0 Å². The van der Waals surface area contributed by atoms with Crippen LogP contribution in [0.1, 0.15) is 12.5 Å². The number of benzene rings is 2. The molecule has 0 spiro atoms. The summed E-state index contributed by atoms with van der Waals surface area (Å²) < 4.78 is 36.2. The average molecular weight is 392 g/mol. The predicted octanol–water partition coefficient (Wildman–Crippen LogP) is 2.17. The second kappa shape index (κ2) is 8.77. The fourth-order valence-corrected chi connectivity index (χ4v) is 3.90. The number of anilines is 1. The van der Waals surface area contributed by atoms with Crippen LogP contribution in [-0.4, -0.2) is 40.8 Å². The summed E-state index contributed by atoms with van der Waals surface area (Å²) in [5, 5.41) is 2.77. The van der Waals surface area contributed by atoms with E-state index in [1.54, 1.807) is 37.4 Å². The number of hydrogen-bond donors (Lipinski definition) is 1. The Kier molecular flexibility index (Phi) is 6.68. The molecule has 2 rings (SSSR count). The van der Waals surface area contributed by atoms with Crippen molar-refractivity contribution in [1.29, 1.82) is 0 Å². The van der Waals surface area contributed by atoms with Crippen molar-refractivity contribution in [3.8, 4) is 11.5 Å². The predicted molar refractivity (Wildman–Crippen MR) is 105 cm³/mol. The number of hydrogen-bond acceptors (Lipinski definition) is 5. The topological polar surface area (TPSA) is 84.9 Å². The van der Waals surface area contributed by atoms with Crippen molar-refractivity contribution in [2.75, 3.05) is 24.8 Å². The van der Waals surface area contributed by atoms with E-state index in [1.165, 1.54) is 14.0 Å². The second-order valence-electron chi connectivity index (χ2n) is 5.97. The van der Waals surface area contributed by atoms with Gasteiger partial charge in [-0.05, 0) is 25.1 Å². The Hall–Kier alpha value is -2.74. The zero-order chi connectivity index (χ0) is 20.0. The Morgan fingerprint density at radius 3 is 2.44 bits per heavy atom. The minimum atomic E-state index is -3.69. The van der Waals surface area contributed by atoms with Crippen molar-refractivity contribution in [3.05, 3.63) is 54.1 Å². The van der Waals surface area contributed by atoms with Crippen molar-refractivity contribution in [3.63, 3.8) is 0 Å². The van der Waals surface area contributed by atoms with Crippen molar-refractivity contribution in [2.24, 2.45) is 0 Å². The summed E-state index contributed by atoms with van der Waals surface area (Å²) in [5.41, 5.74) is 1.16. The lowest BCUT2D eigenvalue weighted by Gasteiger charge is -2.28. The Morgan fingerprint density at radius 2 is 1.81 bits per heavy atom. The van der Waals surface area contributed by atoms with Gasteiger partial charge >= 0.3 is 0 Å². The molecule has 0 unspecified atom stereocenters. The van der Waals surface area contributed by atoms with Gasteiger partial charge in [0.25, 0.3) is 0 Å². The fraction of sp³-hybridized carbons (Fsp3) is 0.316. The summed E-state index contributed by atoms with van der Waals surface area (Å²) in [7, 11) is -0.644. The van der Waals surface area contributed by atoms with Gasteiger partial charge in [-0.15, -0.1) is 0 Å². The van der Waals surface area contributed by atoms with Crippen LogP contribution in [0.4, 0.5) is 5.69 Å². The van der Waals surface area contributed by atoms with Crippen LogP contribution in [-0.2, 0) is 21.4 Å². The fourth-order valence-electron chi connectivity index (χ4n) is 2.74. The third-order valence-corrected chi connectivity index (χ3v) is 5.28. The summed E-state index contributed by atoms with van der Waals surface area (Å²) in [4.78, 5) is 12.6. The average Bonchev–Trinajstić information content (AvgIpc) is 2.65. The summed E-state index contributed by atoms with van der Waals surface area (Å²) in [5.74, 6) is 0.732. The molecule has 0 aromatic heterocycles. The molecule has 1 N–H and O–H groups in total. The molecule has 0 saturated carbocycles. The first-order chi connectivity index (χ1) is 12.8. The van der Waals surface area contributed by atoms with E-state index in [-0.39, 0.29) is 6.54 Å². The molecule has 1 atom stereocenters. The van der Waals surface area contributed by atoms with Crippen LogP contribution in [0, 0.1) is 0 Å². The van der Waals surface area contributed by atoms with Gasteiger partial charge < -0.3 is 14.8 Å². The minimum Gasteiger partial charge on any atom is -0.497 e. The molecule has 2 aromatic carbocycles. The molecular formula is C19H24N2O5S. The van der Waals surface area contributed by atoms with E-state index in [2.05, 4.69) is 5.32 Å². The molecular weight excluding hydrogens is 368 g/mol. The number of rotatable bonds is 8. The van der Waals surface area contributed by atoms with Gasteiger partial charge in [-0.3, -0.25) is 9.10 Å². The highest BCUT2D eigenvalue weighted by molar-refractivity contribution is 7.92. The Labute approximate surface area is 160 Å². The first kappa shape index (κ1) is 20.6. The van der Waals surface area contributed by atoms with Crippen LogP contribution >= 0.6 is 0 Å². The Bertz CT molecular complexity index is 898. The van der Waals surface area contributed by atoms with Gasteiger partial charge in [0.15, 0.2) is 0 Å². The summed E-state index contributed by atoms with van der Waals surface area (Å²) in [6.07, 6.45) is 1.07. The largest absolute Gasteiger partial charge is 0.497 e. The molecule has 0 bridgehead atoms. The molecule has 7 nitrogen and oxygen atoms in total. The zero-order valence-electron chi connectivity index (χ0n) is 15.8. The van der Waals surface area contributed by atoms with E-state index in [0.717, 1.165) is 16.1 Å². The summed E-state index contributed by atoms with van der Waals surface area (Å²) >= 11 is 0. The van der Waals surface area contributed by atoms with E-state index < -0.39 is 22.0 Å². The number of sulfonamides is 1. The van der Waals surface area contributed by atoms with E-state index in [0.29, 0.717) is 17.2 Å². The van der Waals surface area contributed by atoms with E-state index in [1.807, 2.05) is 18.2 Å². The maximum Gasteiger partial charge on any atom is 0.243 e. The Balaban J connectivity index is 2.22. The first-order valence-electron chi connectivity index (χ1n) is 8.31. The first-order valence-corrected chi connectivity index (χ1v) is 10.2. The van der Waals surface area contributed by atoms with Crippen molar-refractivity contribution in [1.82, 2.24) is 5.32 Å². The molecule has 146 valence electrons. The quantitative estimate of drug-likeness (QED) is 0.744. The lowest BCUT2D eigenvalue weighted by atomic mass is 10.2. The highest BCUT2D eigenvalue weighted by Crippen LogP contribution is 2.25. The summed E-state index contributed by atoms with van der Waals surface area (Å²) in [6.45, 7) is 1.76. The standard InChI is InChI=1S/C19H24N2O5S/c1-14(19(22)20-13-15-8-5-6-11-18(15)26-3)21(27(4,23)24)16-9-7-10-17(12-16)25-2/h5-12,14H,13H2,1-4H3,(H,20,22)/t14-/m1/s1. The number of amides is 1. The number of nitrogens with zero attached hydrogens (tertiary/aromatic N) is 1. The van der Waals surface area contributed by atoms with Crippen molar-refractivity contribution < 1.29 is 22.7 Å². The van der Waals surface area contributed by atoms with Crippen LogP contribution in [0.15, 0.2) is 48.5 Å². The van der Waals surface area contributed by atoms with E-state index in [9.17, 15) is 13.2 Å². The van der Waals surface area contributed by atoms with Gasteiger partial charge in [-0.2, -0.15) is 0 Å². The summed E-state index contributed by atoms with van der Waals surface area (Å²) in [6, 6.07) is 12.9. The maximum absolute atomic E-state index is 12.6. The van der Waals surface area contributed by atoms with Gasteiger partial charge in [0.2, 0.25) is 15.9 Å². The molecule has 27 heavy (non-hydrogen) atoms. The molecule has 0 radical (unpaired) electrons. The smallest absolute Gasteiger partial charge is 0.243 e. The van der Waals surface area contributed by atoms with Crippen LogP contribution < -0.4 is 19.1 Å². The van der Waals surface area contributed by atoms with Gasteiger partial charge in [0.05, 0.1) is 26.2 Å². The zero-order valence-corrected chi connectivity index (χ0v) is 16.6. The lowest BCUT2D eigenvalue weighted by Crippen LogP contribution is -2.47. The third-order valence-electron chi connectivity index (χ3n) is 4.04. The number of nitrogens with one attached hydrogen (secondary N) is 1. The molecule has 8 heteroatoms. The van der Waals surface area contributed by atoms with Gasteiger partial charge in [-0.1, -0.05) is 24.3 Å². The second-order valence-corrected chi connectivity index (χ2v) is 7.83. The molecule has 0 fully saturated rings. The van der Waals surface area contributed by atoms with Gasteiger partial charge in [-0.25, -0.2) is 8.42 Å². The number of para-hydroxylation sites is 1. The number of carbonyl (C=O) groups is 1. The molecule has 0 aliphatic carbocycles. The molecule has 0 aliphatic heterocycles. The molecule has 1 amide bonds. The molecule has 0 aliphatic rings. The number of methoxy groups -OCH3 is 2. The number of ether oxygens (including phenoxy) is 2. The highest BCUT2D eigenvalue weighted by atomic mass is 32.2. The van der Waals surface area contributed by atoms with Crippen molar-refractivity contribution in [2.45, 2.75) is 19.5 Å². The van der Waals surface area contributed by atoms with E-state index in [4.69, 9.17) is 9.47 Å². The van der Waals surface area contributed by atoms with Crippen LogP contribution in [0.5, 0.6) is 11.5 Å². The van der Waals surface area contributed by atoms with Crippen LogP contribution in [0.25, 0.3) is 0 Å². The van der Waals surface area contributed by atoms with Gasteiger partial charge in [0, 0.05) is 18.2 Å². The molecule has 0 saturated heterocycles. The molecule has 2 aromatic rings. The molecule has 0 heterocycles. The minimum absolute atomic E-state index is 0.225. The lowest BCUT2D eigenvalue weighted by molar-refractivity contribution is -0.122. The third kappa shape index (κ3) is 5.13. The van der Waals surface area contributed by atoms with Gasteiger partial charge in [0.1, 0.15) is 17.5 Å². The highest BCUT2D eigenvalue weighted by Gasteiger charge is 2.29. The number of carbonyl (C=O) groups excluding carboxylic acids is 1.